The average molecular weight is 312 g/mol. The molecule has 0 spiro atoms. The van der Waals surface area contributed by atoms with Crippen molar-refractivity contribution in [3.05, 3.63) is 48.3 Å². The number of nitrogens with zero attached hydrogens (tertiary/aromatic N) is 2. The second-order valence-corrected chi connectivity index (χ2v) is 6.85. The van der Waals surface area contributed by atoms with Crippen LogP contribution in [0.5, 0.6) is 0 Å². The van der Waals surface area contributed by atoms with Gasteiger partial charge in [-0.25, -0.2) is 0 Å². The van der Waals surface area contributed by atoms with Crippen molar-refractivity contribution in [2.45, 2.75) is 45.4 Å². The van der Waals surface area contributed by atoms with Crippen molar-refractivity contribution in [2.75, 3.05) is 0 Å². The molecule has 0 saturated carbocycles. The second kappa shape index (κ2) is 5.62. The Kier molecular flexibility index (Phi) is 3.90. The molecule has 1 saturated heterocycles. The number of rotatable bonds is 4. The Labute approximate surface area is 136 Å². The number of carbonyl (C=O) groups is 1. The minimum Gasteiger partial charge on any atom is -0.399 e. The number of aromatic nitrogens is 2. The number of benzene rings is 1. The lowest BCUT2D eigenvalue weighted by atomic mass is 9.82. The maximum Gasteiger partial charge on any atom is 0.498 e. The van der Waals surface area contributed by atoms with Crippen LogP contribution in [0.25, 0.3) is 0 Å². The zero-order valence-electron chi connectivity index (χ0n) is 13.9. The molecule has 0 amide bonds. The van der Waals surface area contributed by atoms with Gasteiger partial charge < -0.3 is 9.31 Å². The van der Waals surface area contributed by atoms with Crippen molar-refractivity contribution in [3.8, 4) is 0 Å². The fourth-order valence-corrected chi connectivity index (χ4v) is 2.43. The van der Waals surface area contributed by atoms with Crippen molar-refractivity contribution < 1.29 is 14.1 Å². The molecular formula is C17H21BN2O3. The molecule has 1 aromatic carbocycles. The number of hydrogen-bond acceptors (Lipinski definition) is 4. The lowest BCUT2D eigenvalue weighted by Crippen LogP contribution is -2.41. The Balaban J connectivity index is 1.71. The first kappa shape index (κ1) is 16.0. The smallest absolute Gasteiger partial charge is 0.399 e. The highest BCUT2D eigenvalue weighted by Crippen LogP contribution is 2.36. The van der Waals surface area contributed by atoms with Crippen molar-refractivity contribution in [2.24, 2.45) is 0 Å². The number of ketones is 1. The Morgan fingerprint density at radius 3 is 2.35 bits per heavy atom. The van der Waals surface area contributed by atoms with Crippen LogP contribution in [0.15, 0.2) is 42.7 Å². The van der Waals surface area contributed by atoms with Crippen LogP contribution in [0, 0.1) is 0 Å². The van der Waals surface area contributed by atoms with E-state index in [9.17, 15) is 4.79 Å². The van der Waals surface area contributed by atoms with Crippen LogP contribution in [0.2, 0.25) is 0 Å². The van der Waals surface area contributed by atoms with E-state index >= 15 is 0 Å². The van der Waals surface area contributed by atoms with Crippen molar-refractivity contribution in [1.82, 2.24) is 9.78 Å². The van der Waals surface area contributed by atoms with Crippen LogP contribution in [0.4, 0.5) is 0 Å². The molecule has 2 heterocycles. The van der Waals surface area contributed by atoms with E-state index in [1.807, 2.05) is 52.1 Å². The molecule has 6 heteroatoms. The SMILES string of the molecule is CC1(C)OB(c2cnn(CC(=O)c3ccccc3)c2)OC1(C)C. The number of hydrogen-bond donors (Lipinski definition) is 0. The van der Waals surface area contributed by atoms with Gasteiger partial charge in [-0.2, -0.15) is 5.10 Å². The third-order valence-corrected chi connectivity index (χ3v) is 4.58. The maximum absolute atomic E-state index is 12.2. The van der Waals surface area contributed by atoms with Crippen LogP contribution in [-0.2, 0) is 15.9 Å². The molecule has 0 N–H and O–H groups in total. The van der Waals surface area contributed by atoms with E-state index in [4.69, 9.17) is 9.31 Å². The summed E-state index contributed by atoms with van der Waals surface area (Å²) in [6, 6.07) is 9.21. The van der Waals surface area contributed by atoms with Crippen molar-refractivity contribution >= 4 is 18.4 Å². The molecule has 0 aliphatic carbocycles. The summed E-state index contributed by atoms with van der Waals surface area (Å²) >= 11 is 0. The van der Waals surface area contributed by atoms with E-state index in [1.165, 1.54) is 0 Å². The summed E-state index contributed by atoms with van der Waals surface area (Å²) in [7, 11) is -0.458. The van der Waals surface area contributed by atoms with Gasteiger partial charge in [0.15, 0.2) is 5.78 Å². The molecule has 1 fully saturated rings. The summed E-state index contributed by atoms with van der Waals surface area (Å²) in [6.07, 6.45) is 3.50. The van der Waals surface area contributed by atoms with Crippen LogP contribution < -0.4 is 5.46 Å². The lowest BCUT2D eigenvalue weighted by Gasteiger charge is -2.32. The summed E-state index contributed by atoms with van der Waals surface area (Å²) < 4.78 is 13.6. The largest absolute Gasteiger partial charge is 0.498 e. The monoisotopic (exact) mass is 312 g/mol. The van der Waals surface area contributed by atoms with E-state index in [0.29, 0.717) is 5.56 Å². The molecule has 0 unspecified atom stereocenters. The van der Waals surface area contributed by atoms with Crippen LogP contribution in [0.3, 0.4) is 0 Å². The molecule has 1 aromatic heterocycles. The highest BCUT2D eigenvalue weighted by Gasteiger charge is 2.52. The molecule has 5 nitrogen and oxygen atoms in total. The topological polar surface area (TPSA) is 53.4 Å². The molecule has 1 aliphatic heterocycles. The molecule has 2 aromatic rings. The van der Waals surface area contributed by atoms with E-state index < -0.39 is 7.12 Å². The molecule has 0 atom stereocenters. The normalized spacial score (nSPS) is 19.0. The van der Waals surface area contributed by atoms with E-state index in [0.717, 1.165) is 5.46 Å². The van der Waals surface area contributed by atoms with Crippen LogP contribution >= 0.6 is 0 Å². The zero-order valence-corrected chi connectivity index (χ0v) is 13.9. The third-order valence-electron chi connectivity index (χ3n) is 4.58. The first-order valence-corrected chi connectivity index (χ1v) is 7.75. The molecule has 0 radical (unpaired) electrons. The van der Waals surface area contributed by atoms with Gasteiger partial charge in [-0.15, -0.1) is 0 Å². The zero-order chi connectivity index (χ0) is 16.7. The third kappa shape index (κ3) is 3.09. The summed E-state index contributed by atoms with van der Waals surface area (Å²) in [5.74, 6) is 0.0224. The quantitative estimate of drug-likeness (QED) is 0.640. The summed E-state index contributed by atoms with van der Waals surface area (Å²) in [5.41, 5.74) is 0.726. The molecule has 1 aliphatic rings. The highest BCUT2D eigenvalue weighted by molar-refractivity contribution is 6.62. The van der Waals surface area contributed by atoms with E-state index in [1.54, 1.807) is 23.0 Å². The van der Waals surface area contributed by atoms with Gasteiger partial charge >= 0.3 is 7.12 Å². The molecule has 120 valence electrons. The molecular weight excluding hydrogens is 291 g/mol. The van der Waals surface area contributed by atoms with Gasteiger partial charge in [0.1, 0.15) is 6.54 Å². The van der Waals surface area contributed by atoms with Gasteiger partial charge in [0.25, 0.3) is 0 Å². The summed E-state index contributed by atoms with van der Waals surface area (Å²) in [6.45, 7) is 8.24. The van der Waals surface area contributed by atoms with Gasteiger partial charge in [0.05, 0.1) is 11.2 Å². The lowest BCUT2D eigenvalue weighted by molar-refractivity contribution is 0.00578. The predicted molar refractivity (Wildman–Crippen MR) is 88.7 cm³/mol. The Morgan fingerprint density at radius 2 is 1.74 bits per heavy atom. The highest BCUT2D eigenvalue weighted by atomic mass is 16.7. The molecule has 23 heavy (non-hydrogen) atoms. The van der Waals surface area contributed by atoms with Gasteiger partial charge in [-0.1, -0.05) is 30.3 Å². The van der Waals surface area contributed by atoms with Crippen molar-refractivity contribution in [3.63, 3.8) is 0 Å². The minimum atomic E-state index is -0.458. The maximum atomic E-state index is 12.2. The first-order chi connectivity index (χ1) is 10.8. The first-order valence-electron chi connectivity index (χ1n) is 7.75. The van der Waals surface area contributed by atoms with Gasteiger partial charge in [0, 0.05) is 23.4 Å². The fourth-order valence-electron chi connectivity index (χ4n) is 2.43. The predicted octanol–water partition coefficient (Wildman–Crippen LogP) is 2.07. The van der Waals surface area contributed by atoms with Crippen molar-refractivity contribution in [1.29, 1.82) is 0 Å². The second-order valence-electron chi connectivity index (χ2n) is 6.85. The fraction of sp³-hybridized carbons (Fsp3) is 0.412. The van der Waals surface area contributed by atoms with E-state index in [-0.39, 0.29) is 23.5 Å². The standard InChI is InChI=1S/C17H21BN2O3/c1-16(2)17(3,4)23-18(22-16)14-10-19-20(11-14)12-15(21)13-8-6-5-7-9-13/h5-11H,12H2,1-4H3. The minimum absolute atomic E-state index is 0.0224. The number of Topliss-reactive ketones (excluding diaryl/α,β-unsaturated/α-hetero) is 1. The van der Waals surface area contributed by atoms with Gasteiger partial charge in [-0.3, -0.25) is 9.48 Å². The Hall–Kier alpha value is -1.92. The Morgan fingerprint density at radius 1 is 1.13 bits per heavy atom. The average Bonchev–Trinajstić information content (AvgIpc) is 3.03. The summed E-state index contributed by atoms with van der Waals surface area (Å²) in [5, 5.41) is 4.26. The van der Waals surface area contributed by atoms with Gasteiger partial charge in [0.2, 0.25) is 0 Å². The van der Waals surface area contributed by atoms with E-state index in [2.05, 4.69) is 5.10 Å². The molecule has 0 bridgehead atoms. The van der Waals surface area contributed by atoms with Crippen LogP contribution in [0.1, 0.15) is 38.1 Å². The van der Waals surface area contributed by atoms with Crippen LogP contribution in [-0.4, -0.2) is 33.9 Å². The number of carbonyl (C=O) groups excluding carboxylic acids is 1. The Bertz CT molecular complexity index is 694. The molecule has 3 rings (SSSR count). The summed E-state index contributed by atoms with van der Waals surface area (Å²) in [4.78, 5) is 12.2. The van der Waals surface area contributed by atoms with Gasteiger partial charge in [-0.05, 0) is 27.7 Å².